The molecule has 0 radical (unpaired) electrons. The first-order valence-electron chi connectivity index (χ1n) is 3.44. The highest BCUT2D eigenvalue weighted by Gasteiger charge is 2.12. The number of carbonyl (C=O) groups excluding carboxylic acids is 1. The highest BCUT2D eigenvalue weighted by atomic mass is 16.5. The van der Waals surface area contributed by atoms with E-state index >= 15 is 0 Å². The van der Waals surface area contributed by atoms with E-state index in [1.165, 1.54) is 0 Å². The van der Waals surface area contributed by atoms with Crippen LogP contribution in [-0.4, -0.2) is 19.1 Å². The van der Waals surface area contributed by atoms with Crippen LogP contribution in [0.15, 0.2) is 11.8 Å². The van der Waals surface area contributed by atoms with E-state index in [1.807, 2.05) is 0 Å². The van der Waals surface area contributed by atoms with Gasteiger partial charge >= 0.3 is 5.97 Å². The molecular weight excluding hydrogens is 130 g/mol. The van der Waals surface area contributed by atoms with Crippen LogP contribution in [0.4, 0.5) is 0 Å². The van der Waals surface area contributed by atoms with Gasteiger partial charge in [0.2, 0.25) is 0 Å². The Bertz CT molecular complexity index is 163. The number of nitrogens with one attached hydrogen (secondary N) is 1. The molecule has 1 heterocycles. The molecule has 0 bridgehead atoms. The fourth-order valence-electron chi connectivity index (χ4n) is 0.859. The maximum Gasteiger partial charge on any atom is 0.335 e. The minimum atomic E-state index is -0.187. The van der Waals surface area contributed by atoms with Gasteiger partial charge in [0.1, 0.15) is 0 Å². The van der Waals surface area contributed by atoms with Crippen LogP contribution in [0, 0.1) is 0 Å². The summed E-state index contributed by atoms with van der Waals surface area (Å²) in [6.45, 7) is 3.12. The number of hydrogen-bond acceptors (Lipinski definition) is 3. The van der Waals surface area contributed by atoms with Crippen molar-refractivity contribution < 1.29 is 9.53 Å². The summed E-state index contributed by atoms with van der Waals surface area (Å²) < 4.78 is 4.78. The van der Waals surface area contributed by atoms with Crippen molar-refractivity contribution in [3.63, 3.8) is 0 Å². The molecule has 0 amide bonds. The molecule has 1 rings (SSSR count). The molecular formula is C7H11NO2. The number of rotatable bonds is 2. The van der Waals surface area contributed by atoms with Crippen molar-refractivity contribution in [1.29, 1.82) is 0 Å². The molecule has 0 spiro atoms. The molecule has 3 heteroatoms. The first kappa shape index (κ1) is 7.12. The number of esters is 1. The van der Waals surface area contributed by atoms with E-state index in [0.717, 1.165) is 18.5 Å². The van der Waals surface area contributed by atoms with Crippen LogP contribution in [0.5, 0.6) is 0 Å². The molecule has 0 aromatic carbocycles. The van der Waals surface area contributed by atoms with Gasteiger partial charge in [0.25, 0.3) is 0 Å². The molecule has 0 atom stereocenters. The Labute approximate surface area is 60.1 Å². The zero-order valence-corrected chi connectivity index (χ0v) is 6.02. The molecule has 0 aromatic rings. The molecule has 10 heavy (non-hydrogen) atoms. The van der Waals surface area contributed by atoms with Crippen molar-refractivity contribution in [3.8, 4) is 0 Å². The summed E-state index contributed by atoms with van der Waals surface area (Å²) in [7, 11) is 0. The zero-order chi connectivity index (χ0) is 7.40. The fourth-order valence-corrected chi connectivity index (χ4v) is 0.859. The predicted molar refractivity (Wildman–Crippen MR) is 37.3 cm³/mol. The van der Waals surface area contributed by atoms with E-state index in [2.05, 4.69) is 5.32 Å². The first-order valence-corrected chi connectivity index (χ1v) is 3.44. The first-order chi connectivity index (χ1) is 4.84. The van der Waals surface area contributed by atoms with Gasteiger partial charge in [-0.15, -0.1) is 0 Å². The van der Waals surface area contributed by atoms with Gasteiger partial charge in [-0.25, -0.2) is 4.79 Å². The summed E-state index contributed by atoms with van der Waals surface area (Å²) in [4.78, 5) is 10.9. The molecule has 0 unspecified atom stereocenters. The monoisotopic (exact) mass is 141 g/mol. The van der Waals surface area contributed by atoms with E-state index in [9.17, 15) is 4.79 Å². The average molecular weight is 141 g/mol. The van der Waals surface area contributed by atoms with Gasteiger partial charge in [0, 0.05) is 12.7 Å². The van der Waals surface area contributed by atoms with Crippen molar-refractivity contribution in [1.82, 2.24) is 5.32 Å². The summed E-state index contributed by atoms with van der Waals surface area (Å²) in [5.41, 5.74) is 0.752. The quantitative estimate of drug-likeness (QED) is 0.566. The largest absolute Gasteiger partial charge is 0.463 e. The lowest BCUT2D eigenvalue weighted by atomic mass is 10.2. The molecule has 1 aliphatic rings. The summed E-state index contributed by atoms with van der Waals surface area (Å²) in [6, 6.07) is 0. The van der Waals surface area contributed by atoms with E-state index in [4.69, 9.17) is 4.74 Å². The van der Waals surface area contributed by atoms with E-state index in [1.54, 1.807) is 13.1 Å². The van der Waals surface area contributed by atoms with Gasteiger partial charge < -0.3 is 10.1 Å². The van der Waals surface area contributed by atoms with Gasteiger partial charge in [-0.2, -0.15) is 0 Å². The average Bonchev–Trinajstić information content (AvgIpc) is 2.38. The minimum absolute atomic E-state index is 0.187. The Morgan fingerprint density at radius 2 is 2.70 bits per heavy atom. The SMILES string of the molecule is CCOC(=O)C1=CNCC1. The van der Waals surface area contributed by atoms with Crippen LogP contribution < -0.4 is 5.32 Å². The lowest BCUT2D eigenvalue weighted by Crippen LogP contribution is -2.05. The zero-order valence-electron chi connectivity index (χ0n) is 6.02. The second-order valence-electron chi connectivity index (χ2n) is 2.09. The Hall–Kier alpha value is -0.990. The number of carbonyl (C=O) groups is 1. The Kier molecular flexibility index (Phi) is 2.31. The van der Waals surface area contributed by atoms with Crippen LogP contribution in [0.2, 0.25) is 0 Å². The van der Waals surface area contributed by atoms with Crippen LogP contribution in [-0.2, 0) is 9.53 Å². The van der Waals surface area contributed by atoms with E-state index < -0.39 is 0 Å². The summed E-state index contributed by atoms with van der Waals surface area (Å²) in [5.74, 6) is -0.187. The lowest BCUT2D eigenvalue weighted by molar-refractivity contribution is -0.138. The third-order valence-electron chi connectivity index (χ3n) is 1.35. The van der Waals surface area contributed by atoms with Crippen molar-refractivity contribution in [2.45, 2.75) is 13.3 Å². The fraction of sp³-hybridized carbons (Fsp3) is 0.571. The standard InChI is InChI=1S/C7H11NO2/c1-2-10-7(9)6-3-4-8-5-6/h5,8H,2-4H2,1H3. The normalized spacial score (nSPS) is 15.9. The highest BCUT2D eigenvalue weighted by molar-refractivity contribution is 5.88. The van der Waals surface area contributed by atoms with E-state index in [0.29, 0.717) is 6.61 Å². The van der Waals surface area contributed by atoms with Crippen LogP contribution in [0.3, 0.4) is 0 Å². The van der Waals surface area contributed by atoms with Crippen molar-refractivity contribution >= 4 is 5.97 Å². The predicted octanol–water partition coefficient (Wildman–Crippen LogP) is 0.427. The molecule has 1 N–H and O–H groups in total. The Balaban J connectivity index is 2.40. The molecule has 0 saturated carbocycles. The Morgan fingerprint density at radius 3 is 3.20 bits per heavy atom. The maximum absolute atomic E-state index is 10.9. The number of hydrogen-bond donors (Lipinski definition) is 1. The summed E-state index contributed by atoms with van der Waals surface area (Å²) in [6.07, 6.45) is 2.51. The second kappa shape index (κ2) is 3.25. The van der Waals surface area contributed by atoms with Gasteiger partial charge in [0.05, 0.1) is 12.2 Å². The van der Waals surface area contributed by atoms with Gasteiger partial charge in [0.15, 0.2) is 0 Å². The maximum atomic E-state index is 10.9. The molecule has 3 nitrogen and oxygen atoms in total. The minimum Gasteiger partial charge on any atom is -0.463 e. The molecule has 0 aromatic heterocycles. The van der Waals surface area contributed by atoms with Gasteiger partial charge in [-0.05, 0) is 13.3 Å². The molecule has 0 saturated heterocycles. The lowest BCUT2D eigenvalue weighted by Gasteiger charge is -1.98. The van der Waals surface area contributed by atoms with Gasteiger partial charge in [-0.1, -0.05) is 0 Å². The van der Waals surface area contributed by atoms with Crippen molar-refractivity contribution in [2.75, 3.05) is 13.2 Å². The summed E-state index contributed by atoms with van der Waals surface area (Å²) >= 11 is 0. The molecule has 1 aliphatic heterocycles. The Morgan fingerprint density at radius 1 is 1.90 bits per heavy atom. The third kappa shape index (κ3) is 1.50. The smallest absolute Gasteiger partial charge is 0.335 e. The van der Waals surface area contributed by atoms with Crippen LogP contribution in [0.1, 0.15) is 13.3 Å². The van der Waals surface area contributed by atoms with Gasteiger partial charge in [-0.3, -0.25) is 0 Å². The molecule has 0 fully saturated rings. The topological polar surface area (TPSA) is 38.3 Å². The molecule has 56 valence electrons. The second-order valence-corrected chi connectivity index (χ2v) is 2.09. The number of ether oxygens (including phenoxy) is 1. The van der Waals surface area contributed by atoms with E-state index in [-0.39, 0.29) is 5.97 Å². The van der Waals surface area contributed by atoms with Crippen LogP contribution >= 0.6 is 0 Å². The summed E-state index contributed by atoms with van der Waals surface area (Å²) in [5, 5.41) is 2.95. The van der Waals surface area contributed by atoms with Crippen molar-refractivity contribution in [2.24, 2.45) is 0 Å². The third-order valence-corrected chi connectivity index (χ3v) is 1.35. The van der Waals surface area contributed by atoms with Crippen molar-refractivity contribution in [3.05, 3.63) is 11.8 Å². The van der Waals surface area contributed by atoms with Crippen LogP contribution in [0.25, 0.3) is 0 Å². The molecule has 0 aliphatic carbocycles. The highest BCUT2D eigenvalue weighted by Crippen LogP contribution is 2.06.